The summed E-state index contributed by atoms with van der Waals surface area (Å²) in [6.45, 7) is 11.1. The van der Waals surface area contributed by atoms with E-state index >= 15 is 0 Å². The number of aromatic amines is 1. The fourth-order valence-corrected chi connectivity index (χ4v) is 37.9. The molecule has 0 aromatic carbocycles. The van der Waals surface area contributed by atoms with Gasteiger partial charge in [-0.3, -0.25) is 0 Å². The first-order chi connectivity index (χ1) is 66.7. The van der Waals surface area contributed by atoms with Crippen LogP contribution in [0.2, 0.25) is 23.6 Å². The number of H-pyrrole nitrogens is 1. The van der Waals surface area contributed by atoms with Crippen molar-refractivity contribution in [3.05, 3.63) is 227 Å². The molecule has 744 valence electrons. The van der Waals surface area contributed by atoms with Crippen molar-refractivity contribution in [2.45, 2.75) is 322 Å². The summed E-state index contributed by atoms with van der Waals surface area (Å²) < 4.78 is 48.0. The van der Waals surface area contributed by atoms with Crippen LogP contribution >= 0.6 is 73.9 Å². The summed E-state index contributed by atoms with van der Waals surface area (Å²) in [6.07, 6.45) is 57.3. The maximum atomic E-state index is 11.8. The maximum absolute atomic E-state index is 11.8. The van der Waals surface area contributed by atoms with E-state index in [0.717, 1.165) is 142 Å². The zero-order valence-electron chi connectivity index (χ0n) is 78.9. The molecule has 0 atom stereocenters. The van der Waals surface area contributed by atoms with Gasteiger partial charge in [-0.2, -0.15) is 21.0 Å². The Kier molecular flexibility index (Phi) is 43.6. The summed E-state index contributed by atoms with van der Waals surface area (Å²) in [5.41, 5.74) is 12.6. The molecule has 0 bridgehead atoms. The zero-order valence-corrected chi connectivity index (χ0v) is 88.6. The summed E-state index contributed by atoms with van der Waals surface area (Å²) in [5, 5.41) is 64.4. The molecule has 8 aliphatic rings. The molecule has 31 heteroatoms. The molecule has 8 fully saturated rings. The minimum Gasteiger partial charge on any atom is -0.350 e. The SMILES string of the molecule is BrC1CCC1.C.C.C.C.CCC[CH2][Sn]([CH2]CCC)([CH2]CCC)[c]1c(C#N)c2ccc(C)nc2n1C1CCC1.Cc1ccc2c(C#N)cn(C3CCC3)c2n1.N#Cc1cn(C2CCC2)c2c1ccc[n+]2O.N#Cc1cn(C2CCC2)c2nc(Cl)ccc12.N#Cc1cn(C2CCC2)c2ncccc12.O=S(=O)(NC1CCC1)c1ccc(Cl)nc1.S=CI.c1cnc2[nH]ccc2c1.c1cnc2c(c1)ccn2C1CCC1. The Balaban J connectivity index is 0.000000166. The number of nitriles is 5. The number of nitrogens with one attached hydrogen (secondary N) is 2. The minimum atomic E-state index is -3.41. The normalized spacial score (nSPS) is 15.3. The van der Waals surface area contributed by atoms with Crippen LogP contribution < -0.4 is 13.2 Å². The Morgan fingerprint density at radius 2 is 0.922 bits per heavy atom. The molecule has 141 heavy (non-hydrogen) atoms. The van der Waals surface area contributed by atoms with E-state index in [1.165, 1.54) is 198 Å². The van der Waals surface area contributed by atoms with E-state index in [2.05, 4.69) is 179 Å². The molecule has 0 radical (unpaired) electrons. The van der Waals surface area contributed by atoms with Gasteiger partial charge in [0.1, 0.15) is 91.7 Å². The van der Waals surface area contributed by atoms with Crippen molar-refractivity contribution in [1.29, 1.82) is 26.3 Å². The van der Waals surface area contributed by atoms with Crippen LogP contribution in [0.5, 0.6) is 0 Å². The van der Waals surface area contributed by atoms with Gasteiger partial charge in [0.05, 0.1) is 22.1 Å². The first-order valence-electron chi connectivity index (χ1n) is 48.7. The Morgan fingerprint density at radius 1 is 0.496 bits per heavy atom. The maximum Gasteiger partial charge on any atom is 0.329 e. The van der Waals surface area contributed by atoms with Gasteiger partial charge in [-0.15, -0.1) is 0 Å². The summed E-state index contributed by atoms with van der Waals surface area (Å²) in [5.74, 6) is 0. The zero-order chi connectivity index (χ0) is 96.5. The molecule has 15 aromatic heterocycles. The summed E-state index contributed by atoms with van der Waals surface area (Å²) in [7, 11) is -3.41. The monoisotopic (exact) mass is 2260 g/mol. The Morgan fingerprint density at radius 3 is 1.39 bits per heavy atom. The van der Waals surface area contributed by atoms with Crippen LogP contribution in [0.4, 0.5) is 0 Å². The van der Waals surface area contributed by atoms with Gasteiger partial charge >= 0.3 is 188 Å². The van der Waals surface area contributed by atoms with Crippen molar-refractivity contribution in [2.75, 3.05) is 0 Å². The fourth-order valence-electron chi connectivity index (χ4n) is 18.5. The number of halogens is 4. The molecule has 3 N–H and O–H groups in total. The molecule has 0 spiro atoms. The second-order valence-electron chi connectivity index (χ2n) is 36.9. The Hall–Kier alpha value is -10.2. The molecular formula is C110H138BrCl2IN21O3S2Sn+. The minimum absolute atomic E-state index is 0. The first-order valence-corrected chi connectivity index (χ1v) is 61.1. The molecule has 8 aliphatic carbocycles. The number of alkyl halides is 1. The number of sulfonamides is 1. The van der Waals surface area contributed by atoms with Crippen molar-refractivity contribution in [1.82, 2.24) is 72.0 Å². The van der Waals surface area contributed by atoms with E-state index in [1.54, 1.807) is 37.8 Å². The molecule has 24 nitrogen and oxygen atoms in total. The third-order valence-corrected chi connectivity index (χ3v) is 46.3. The molecule has 15 aromatic rings. The Bertz CT molecular complexity index is 6800. The van der Waals surface area contributed by atoms with E-state index in [0.29, 0.717) is 52.5 Å². The van der Waals surface area contributed by atoms with Crippen molar-refractivity contribution < 1.29 is 18.4 Å². The number of fused-ring (bicyclic) bond motifs is 7. The van der Waals surface area contributed by atoms with E-state index in [4.69, 9.17) is 49.2 Å². The van der Waals surface area contributed by atoms with Crippen molar-refractivity contribution in [3.8, 4) is 30.3 Å². The van der Waals surface area contributed by atoms with Crippen LogP contribution in [0.1, 0.15) is 319 Å². The Labute approximate surface area is 874 Å². The van der Waals surface area contributed by atoms with Crippen LogP contribution in [0.25, 0.3) is 77.2 Å². The smallest absolute Gasteiger partial charge is 0.329 e. The fraction of sp³-hybridized carbons (Fsp3) is 0.455. The van der Waals surface area contributed by atoms with Crippen LogP contribution in [0, 0.1) is 70.5 Å². The van der Waals surface area contributed by atoms with Gasteiger partial charge in [0.2, 0.25) is 10.0 Å². The van der Waals surface area contributed by atoms with Crippen LogP contribution in [0.3, 0.4) is 0 Å². The van der Waals surface area contributed by atoms with E-state index < -0.39 is 28.4 Å². The van der Waals surface area contributed by atoms with Gasteiger partial charge in [-0.05, 0) is 249 Å². The summed E-state index contributed by atoms with van der Waals surface area (Å²) in [6, 6.07) is 49.5. The van der Waals surface area contributed by atoms with Gasteiger partial charge < -0.3 is 28.5 Å². The number of nitrogens with zero attached hydrogens (tertiary/aromatic N) is 19. The molecule has 0 aliphatic heterocycles. The van der Waals surface area contributed by atoms with Gasteiger partial charge in [-0.1, -0.05) is 98.6 Å². The number of hydrogen-bond acceptors (Lipinski definition) is 16. The number of aromatic nitrogens is 15. The van der Waals surface area contributed by atoms with Gasteiger partial charge in [0, 0.05) is 127 Å². The van der Waals surface area contributed by atoms with Crippen LogP contribution in [-0.2, 0) is 10.0 Å². The molecule has 0 unspecified atom stereocenters. The van der Waals surface area contributed by atoms with Crippen molar-refractivity contribution >= 4 is 187 Å². The third kappa shape index (κ3) is 27.3. The average molecular weight is 2260 g/mol. The van der Waals surface area contributed by atoms with Crippen LogP contribution in [0.15, 0.2) is 182 Å². The number of unbranched alkanes of at least 4 members (excludes halogenated alkanes) is 3. The largest absolute Gasteiger partial charge is 0.350 e. The molecule has 23 rings (SSSR count). The first kappa shape index (κ1) is 113. The molecule has 0 saturated heterocycles. The quantitative estimate of drug-likeness (QED) is 0.00990. The number of rotatable bonds is 19. The standard InChI is InChI=1S/C13H13N3.C13H12N3.C12H10ClN3.C12H12N3O.C12H11N3.C11H12N2.C9H11ClN2O2S.C7H6N2.C4H7Br.3C4H9.CHIS.4CH4.Sn/c2*1-9-5-6-12-10(7-14)8-16(13(12)15-9)11-3-2-4-11;13-11-5-4-10-8(6-14)7-16(12(10)15-11)9-2-1-3-9;13-7-9-8-14(10-3-1-4-10)12-11(9)5-2-6-15(12)16;13-7-9-8-15(10-3-1-4-10)12-11(9)5-2-6-14-12;1-4-10(5-1)13-8-6-9-3-2-7-12-11(9)13;10-9-5-4-8(6-11-9)15(13,14)12-7-2-1-3-7;1-2-6-3-5-9-7(6)8-4-1;5-4-2-1-3-4;3*1-3-4-2;2-1-3;;;;;/h5-6,8,11H,2-4H2,1H3;5-6,11H,2-4H2,1H3;4-5,7,9H,1-3H2;2,5-6,8,10,16H,1,3-4H2;2,5-6,8,10H,1,3-4H2;2-3,6-8,10H,1,4-5H2;4-7,12H,1-3H2;1-5H,(H,8,9);4H,1-3H2;3*1,3-4H2,2H3;1H;4*1H4;/q;;;+1;;;;;;;;;;;;;;. The summed E-state index contributed by atoms with van der Waals surface area (Å²) in [4.78, 5) is 34.5. The van der Waals surface area contributed by atoms with E-state index in [9.17, 15) is 18.9 Å². The average Bonchev–Trinajstić information content (AvgIpc) is 1.57. The summed E-state index contributed by atoms with van der Waals surface area (Å²) >= 11 is 18.4. The second-order valence-corrected chi connectivity index (χ2v) is 55.3. The van der Waals surface area contributed by atoms with Gasteiger partial charge in [0.15, 0.2) is 0 Å². The molecule has 0 amide bonds. The van der Waals surface area contributed by atoms with Crippen molar-refractivity contribution in [2.24, 2.45) is 0 Å². The van der Waals surface area contributed by atoms with E-state index in [-0.39, 0.29) is 45.8 Å². The molecule has 8 saturated carbocycles. The number of pyridine rings is 8. The van der Waals surface area contributed by atoms with E-state index in [1.807, 2.05) is 132 Å². The van der Waals surface area contributed by atoms with Gasteiger partial charge in [0.25, 0.3) is 0 Å². The van der Waals surface area contributed by atoms with Crippen LogP contribution in [-0.4, -0.2) is 114 Å². The number of thiocarbonyl (C=S) groups is 1. The second kappa shape index (κ2) is 54.5. The van der Waals surface area contributed by atoms with Gasteiger partial charge in [-0.25, -0.2) is 47.6 Å². The third-order valence-electron chi connectivity index (χ3n) is 28.0. The topological polar surface area (TPSA) is 325 Å². The van der Waals surface area contributed by atoms with Crippen molar-refractivity contribution in [3.63, 3.8) is 0 Å². The molecule has 15 heterocycles. The predicted octanol–water partition coefficient (Wildman–Crippen LogP) is 29.4. The molecular weight excluding hydrogens is 2120 g/mol. The number of hydrogen-bond donors (Lipinski definition) is 3. The predicted molar refractivity (Wildman–Crippen MR) is 592 cm³/mol. The number of aryl methyl sites for hydroxylation is 2.